The molecule has 0 bridgehead atoms. The van der Waals surface area contributed by atoms with Crippen LogP contribution in [0.5, 0.6) is 0 Å². The third kappa shape index (κ3) is 4.58. The molecule has 0 radical (unpaired) electrons. The highest BCUT2D eigenvalue weighted by atomic mass is 35.5. The van der Waals surface area contributed by atoms with Crippen molar-refractivity contribution in [2.24, 2.45) is 0 Å². The smallest absolute Gasteiger partial charge is 0.277 e. The van der Waals surface area contributed by atoms with Gasteiger partial charge in [0.15, 0.2) is 0 Å². The first-order valence-electron chi connectivity index (χ1n) is 7.51. The van der Waals surface area contributed by atoms with Gasteiger partial charge in [0, 0.05) is 11.8 Å². The summed E-state index contributed by atoms with van der Waals surface area (Å²) in [5.74, 6) is 0.650. The Morgan fingerprint density at radius 2 is 1.96 bits per heavy atom. The van der Waals surface area contributed by atoms with Gasteiger partial charge in [-0.25, -0.2) is 4.98 Å². The zero-order chi connectivity index (χ0) is 17.8. The lowest BCUT2D eigenvalue weighted by atomic mass is 10.1. The van der Waals surface area contributed by atoms with Crippen LogP contribution >= 0.6 is 23.4 Å². The van der Waals surface area contributed by atoms with Crippen molar-refractivity contribution in [2.75, 3.05) is 5.32 Å². The number of nitrogens with one attached hydrogen (secondary N) is 1. The van der Waals surface area contributed by atoms with Gasteiger partial charge in [-0.15, -0.1) is 10.2 Å². The lowest BCUT2D eigenvalue weighted by Gasteiger charge is -2.09. The third-order valence-electron chi connectivity index (χ3n) is 3.33. The van der Waals surface area contributed by atoms with E-state index in [1.54, 1.807) is 19.1 Å². The fourth-order valence-electron chi connectivity index (χ4n) is 1.95. The molecule has 0 fully saturated rings. The fourth-order valence-corrected chi connectivity index (χ4v) is 2.75. The van der Waals surface area contributed by atoms with Crippen LogP contribution in [0, 0.1) is 6.92 Å². The van der Waals surface area contributed by atoms with E-state index >= 15 is 0 Å². The van der Waals surface area contributed by atoms with Crippen molar-refractivity contribution in [3.8, 4) is 11.5 Å². The van der Waals surface area contributed by atoms with E-state index in [1.165, 1.54) is 18.0 Å². The number of aromatic nitrogens is 3. The molecule has 6 nitrogen and oxygen atoms in total. The minimum absolute atomic E-state index is 0.213. The maximum atomic E-state index is 12.2. The van der Waals surface area contributed by atoms with Crippen LogP contribution in [0.3, 0.4) is 0 Å². The summed E-state index contributed by atoms with van der Waals surface area (Å²) in [5, 5.41) is 11.1. The van der Waals surface area contributed by atoms with E-state index in [0.29, 0.717) is 22.0 Å². The van der Waals surface area contributed by atoms with Crippen LogP contribution in [0.1, 0.15) is 12.5 Å². The van der Waals surface area contributed by atoms with Gasteiger partial charge in [0.2, 0.25) is 11.8 Å². The number of carbonyl (C=O) groups excluding carboxylic acids is 1. The van der Waals surface area contributed by atoms with Gasteiger partial charge in [-0.1, -0.05) is 41.1 Å². The van der Waals surface area contributed by atoms with E-state index in [0.717, 1.165) is 11.1 Å². The Morgan fingerprint density at radius 3 is 2.64 bits per heavy atom. The van der Waals surface area contributed by atoms with Gasteiger partial charge in [0.1, 0.15) is 5.82 Å². The molecule has 8 heteroatoms. The van der Waals surface area contributed by atoms with Crippen molar-refractivity contribution in [3.05, 3.63) is 53.2 Å². The Kier molecular flexibility index (Phi) is 5.35. The fraction of sp³-hybridized carbons (Fsp3) is 0.176. The lowest BCUT2D eigenvalue weighted by Crippen LogP contribution is -2.22. The highest BCUT2D eigenvalue weighted by Crippen LogP contribution is 2.26. The van der Waals surface area contributed by atoms with Gasteiger partial charge >= 0.3 is 0 Å². The largest absolute Gasteiger partial charge is 0.411 e. The quantitative estimate of drug-likeness (QED) is 0.673. The minimum atomic E-state index is -0.427. The summed E-state index contributed by atoms with van der Waals surface area (Å²) in [6.07, 6.45) is 1.47. The van der Waals surface area contributed by atoms with Crippen LogP contribution in [0.15, 0.2) is 52.2 Å². The normalized spacial score (nSPS) is 12.0. The van der Waals surface area contributed by atoms with Crippen molar-refractivity contribution >= 4 is 35.1 Å². The van der Waals surface area contributed by atoms with Crippen LogP contribution < -0.4 is 5.32 Å². The zero-order valence-electron chi connectivity index (χ0n) is 13.6. The summed E-state index contributed by atoms with van der Waals surface area (Å²) in [6, 6.07) is 11.1. The number of nitrogens with zero attached hydrogens (tertiary/aromatic N) is 3. The number of hydrogen-bond donors (Lipinski definition) is 1. The first-order chi connectivity index (χ1) is 12.0. The number of halogens is 1. The van der Waals surface area contributed by atoms with Gasteiger partial charge in [0.05, 0.1) is 10.3 Å². The molecule has 1 aromatic carbocycles. The van der Waals surface area contributed by atoms with Gasteiger partial charge < -0.3 is 9.73 Å². The van der Waals surface area contributed by atoms with E-state index in [4.69, 9.17) is 16.0 Å². The van der Waals surface area contributed by atoms with E-state index in [-0.39, 0.29) is 5.91 Å². The maximum absolute atomic E-state index is 12.2. The average Bonchev–Trinajstić information content (AvgIpc) is 3.06. The molecule has 1 amide bonds. The second-order valence-electron chi connectivity index (χ2n) is 5.35. The molecule has 0 saturated heterocycles. The molecule has 0 spiro atoms. The molecule has 0 saturated carbocycles. The molecular weight excluding hydrogens is 360 g/mol. The second kappa shape index (κ2) is 7.67. The van der Waals surface area contributed by atoms with Crippen LogP contribution in [0.25, 0.3) is 11.5 Å². The number of amides is 1. The topological polar surface area (TPSA) is 80.9 Å². The standard InChI is InChI=1S/C17H15ClN4O2S/c1-10-3-5-12(6-4-10)16-21-22-17(24-16)25-11(2)15(23)20-14-8-7-13(18)9-19-14/h3-9,11H,1-2H3,(H,19,20,23)/t11-/m1/s1. The van der Waals surface area contributed by atoms with Gasteiger partial charge in [-0.05, 0) is 38.1 Å². The molecule has 3 aromatic rings. The summed E-state index contributed by atoms with van der Waals surface area (Å²) in [5.41, 5.74) is 1.99. The average molecular weight is 375 g/mol. The third-order valence-corrected chi connectivity index (χ3v) is 4.49. The monoisotopic (exact) mass is 374 g/mol. The Labute approximate surface area is 154 Å². The highest BCUT2D eigenvalue weighted by Gasteiger charge is 2.19. The van der Waals surface area contributed by atoms with E-state index in [2.05, 4.69) is 20.5 Å². The van der Waals surface area contributed by atoms with Crippen molar-refractivity contribution < 1.29 is 9.21 Å². The van der Waals surface area contributed by atoms with E-state index in [9.17, 15) is 4.79 Å². The second-order valence-corrected chi connectivity index (χ2v) is 7.08. The lowest BCUT2D eigenvalue weighted by molar-refractivity contribution is -0.115. The van der Waals surface area contributed by atoms with Gasteiger partial charge in [0.25, 0.3) is 5.22 Å². The molecule has 2 aromatic heterocycles. The zero-order valence-corrected chi connectivity index (χ0v) is 15.1. The maximum Gasteiger partial charge on any atom is 0.277 e. The number of aryl methyl sites for hydroxylation is 1. The van der Waals surface area contributed by atoms with Gasteiger partial charge in [-0.3, -0.25) is 4.79 Å². The molecule has 0 aliphatic heterocycles. The highest BCUT2D eigenvalue weighted by molar-refractivity contribution is 8.00. The van der Waals surface area contributed by atoms with E-state index < -0.39 is 5.25 Å². The summed E-state index contributed by atoms with van der Waals surface area (Å²) >= 11 is 6.96. The minimum Gasteiger partial charge on any atom is -0.411 e. The number of anilines is 1. The molecule has 2 heterocycles. The van der Waals surface area contributed by atoms with Gasteiger partial charge in [-0.2, -0.15) is 0 Å². The molecular formula is C17H15ClN4O2S. The van der Waals surface area contributed by atoms with Crippen molar-refractivity contribution in [3.63, 3.8) is 0 Å². The molecule has 0 aliphatic carbocycles. The molecule has 128 valence electrons. The van der Waals surface area contributed by atoms with Crippen LogP contribution in [0.4, 0.5) is 5.82 Å². The number of pyridine rings is 1. The summed E-state index contributed by atoms with van der Waals surface area (Å²) < 4.78 is 5.62. The number of rotatable bonds is 5. The van der Waals surface area contributed by atoms with Crippen molar-refractivity contribution in [1.82, 2.24) is 15.2 Å². The number of hydrogen-bond acceptors (Lipinski definition) is 6. The summed E-state index contributed by atoms with van der Waals surface area (Å²) in [4.78, 5) is 16.3. The molecule has 0 unspecified atom stereocenters. The predicted molar refractivity (Wildman–Crippen MR) is 97.7 cm³/mol. The summed E-state index contributed by atoms with van der Waals surface area (Å²) in [6.45, 7) is 3.76. The predicted octanol–water partition coefficient (Wildman–Crippen LogP) is 4.21. The molecule has 1 atom stereocenters. The van der Waals surface area contributed by atoms with Crippen molar-refractivity contribution in [2.45, 2.75) is 24.3 Å². The van der Waals surface area contributed by atoms with Crippen LogP contribution in [0.2, 0.25) is 5.02 Å². The number of carbonyl (C=O) groups is 1. The molecule has 3 rings (SSSR count). The SMILES string of the molecule is Cc1ccc(-c2nnc(S[C@H](C)C(=O)Nc3ccc(Cl)cn3)o2)cc1. The number of thioether (sulfide) groups is 1. The Bertz CT molecular complexity index is 865. The summed E-state index contributed by atoms with van der Waals surface area (Å²) in [7, 11) is 0. The van der Waals surface area contributed by atoms with Crippen LogP contribution in [-0.4, -0.2) is 26.3 Å². The molecule has 1 N–H and O–H groups in total. The Hall–Kier alpha value is -2.38. The Morgan fingerprint density at radius 1 is 1.20 bits per heavy atom. The molecule has 25 heavy (non-hydrogen) atoms. The molecule has 0 aliphatic rings. The first-order valence-corrected chi connectivity index (χ1v) is 8.76. The van der Waals surface area contributed by atoms with Crippen LogP contribution in [-0.2, 0) is 4.79 Å². The first kappa shape index (κ1) is 17.4. The van der Waals surface area contributed by atoms with Crippen molar-refractivity contribution in [1.29, 1.82) is 0 Å². The Balaban J connectivity index is 1.62. The van der Waals surface area contributed by atoms with E-state index in [1.807, 2.05) is 31.2 Å². The number of benzene rings is 1.